The summed E-state index contributed by atoms with van der Waals surface area (Å²) in [6, 6.07) is 0. The van der Waals surface area contributed by atoms with E-state index in [4.69, 9.17) is 0 Å². The lowest BCUT2D eigenvalue weighted by molar-refractivity contribution is 0.141. The van der Waals surface area contributed by atoms with Gasteiger partial charge in [0.2, 0.25) is 0 Å². The van der Waals surface area contributed by atoms with E-state index in [2.05, 4.69) is 36.3 Å². The summed E-state index contributed by atoms with van der Waals surface area (Å²) >= 11 is 0. The molecule has 0 radical (unpaired) electrons. The molecule has 1 aliphatic heterocycles. The van der Waals surface area contributed by atoms with Crippen molar-refractivity contribution >= 4 is 0 Å². The summed E-state index contributed by atoms with van der Waals surface area (Å²) in [5.74, 6) is 4.66. The quantitative estimate of drug-likeness (QED) is 0.845. The molecular weight excluding hydrogens is 300 g/mol. The Morgan fingerprint density at radius 2 is 2.04 bits per heavy atom. The molecule has 6 nitrogen and oxygen atoms in total. The van der Waals surface area contributed by atoms with Crippen LogP contribution in [0.15, 0.2) is 12.4 Å². The van der Waals surface area contributed by atoms with Gasteiger partial charge in [0.25, 0.3) is 0 Å². The average molecular weight is 328 g/mol. The third-order valence-electron chi connectivity index (χ3n) is 5.85. The lowest BCUT2D eigenvalue weighted by Crippen LogP contribution is -2.39. The monoisotopic (exact) mass is 328 g/mol. The SMILES string of the molecule is Cc1nccn1Cc1nnc([C@@H]2CCCN(CC3CCC3)C2)n1C. The van der Waals surface area contributed by atoms with Crippen LogP contribution in [0.2, 0.25) is 0 Å². The Bertz CT molecular complexity index is 683. The normalized spacial score (nSPS) is 22.7. The summed E-state index contributed by atoms with van der Waals surface area (Å²) in [7, 11) is 2.11. The van der Waals surface area contributed by atoms with Gasteiger partial charge in [-0.05, 0) is 45.1 Å². The van der Waals surface area contributed by atoms with E-state index < -0.39 is 0 Å². The largest absolute Gasteiger partial charge is 0.328 e. The van der Waals surface area contributed by atoms with Crippen LogP contribution in [0.3, 0.4) is 0 Å². The Morgan fingerprint density at radius 3 is 2.75 bits per heavy atom. The Kier molecular flexibility index (Phi) is 4.39. The van der Waals surface area contributed by atoms with Gasteiger partial charge >= 0.3 is 0 Å². The van der Waals surface area contributed by atoms with Crippen LogP contribution >= 0.6 is 0 Å². The molecule has 1 atom stereocenters. The first kappa shape index (κ1) is 15.8. The molecule has 0 bridgehead atoms. The van der Waals surface area contributed by atoms with Crippen LogP contribution < -0.4 is 0 Å². The van der Waals surface area contributed by atoms with Gasteiger partial charge in [-0.15, -0.1) is 10.2 Å². The fourth-order valence-electron chi connectivity index (χ4n) is 4.06. The Hall–Kier alpha value is -1.69. The number of imidazole rings is 1. The molecule has 130 valence electrons. The molecular formula is C18H28N6. The molecule has 0 unspecified atom stereocenters. The van der Waals surface area contributed by atoms with Crippen LogP contribution in [0.5, 0.6) is 0 Å². The minimum Gasteiger partial charge on any atom is -0.328 e. The number of rotatable bonds is 5. The maximum atomic E-state index is 4.55. The first-order valence-electron chi connectivity index (χ1n) is 9.29. The molecule has 1 saturated carbocycles. The maximum Gasteiger partial charge on any atom is 0.152 e. The lowest BCUT2D eigenvalue weighted by atomic mass is 9.84. The summed E-state index contributed by atoms with van der Waals surface area (Å²) in [4.78, 5) is 6.95. The van der Waals surface area contributed by atoms with Gasteiger partial charge in [0.15, 0.2) is 5.82 Å². The zero-order valence-electron chi connectivity index (χ0n) is 14.9. The molecule has 3 heterocycles. The number of likely N-dealkylation sites (tertiary alicyclic amines) is 1. The van der Waals surface area contributed by atoms with E-state index in [0.717, 1.165) is 36.5 Å². The Morgan fingerprint density at radius 1 is 1.17 bits per heavy atom. The highest BCUT2D eigenvalue weighted by molar-refractivity contribution is 5.05. The lowest BCUT2D eigenvalue weighted by Gasteiger charge is -2.37. The average Bonchev–Trinajstić information content (AvgIpc) is 3.11. The summed E-state index contributed by atoms with van der Waals surface area (Å²) < 4.78 is 4.33. The first-order chi connectivity index (χ1) is 11.7. The van der Waals surface area contributed by atoms with Crippen LogP contribution in [0.4, 0.5) is 0 Å². The molecule has 1 saturated heterocycles. The fraction of sp³-hybridized carbons (Fsp3) is 0.722. The second-order valence-electron chi connectivity index (χ2n) is 7.53. The molecule has 2 aromatic heterocycles. The fourth-order valence-corrected chi connectivity index (χ4v) is 4.06. The second-order valence-corrected chi connectivity index (χ2v) is 7.53. The second kappa shape index (κ2) is 6.67. The molecule has 2 aliphatic rings. The van der Waals surface area contributed by atoms with Crippen molar-refractivity contribution in [2.24, 2.45) is 13.0 Å². The van der Waals surface area contributed by atoms with Crippen molar-refractivity contribution in [3.63, 3.8) is 0 Å². The summed E-state index contributed by atoms with van der Waals surface area (Å²) in [5.41, 5.74) is 0. The molecule has 0 spiro atoms. The highest BCUT2D eigenvalue weighted by Crippen LogP contribution is 2.31. The van der Waals surface area contributed by atoms with Gasteiger partial charge in [0.05, 0.1) is 6.54 Å². The molecule has 0 amide bonds. The predicted molar refractivity (Wildman–Crippen MR) is 92.8 cm³/mol. The third kappa shape index (κ3) is 3.11. The molecule has 0 N–H and O–H groups in total. The van der Waals surface area contributed by atoms with Crippen molar-refractivity contribution in [2.75, 3.05) is 19.6 Å². The van der Waals surface area contributed by atoms with Gasteiger partial charge < -0.3 is 14.0 Å². The Labute approximate surface area is 143 Å². The number of aryl methyl sites for hydroxylation is 1. The van der Waals surface area contributed by atoms with E-state index in [1.807, 2.05) is 19.3 Å². The van der Waals surface area contributed by atoms with E-state index in [-0.39, 0.29) is 0 Å². The van der Waals surface area contributed by atoms with Crippen LogP contribution in [0.1, 0.15) is 55.5 Å². The zero-order valence-corrected chi connectivity index (χ0v) is 14.9. The van der Waals surface area contributed by atoms with E-state index in [1.54, 1.807) is 0 Å². The number of nitrogens with zero attached hydrogens (tertiary/aromatic N) is 6. The molecule has 2 aromatic rings. The minimum atomic E-state index is 0.522. The molecule has 6 heteroatoms. The van der Waals surface area contributed by atoms with Gasteiger partial charge in [0.1, 0.15) is 11.6 Å². The molecule has 1 aliphatic carbocycles. The van der Waals surface area contributed by atoms with Crippen molar-refractivity contribution in [1.29, 1.82) is 0 Å². The van der Waals surface area contributed by atoms with Crippen molar-refractivity contribution in [3.8, 4) is 0 Å². The van der Waals surface area contributed by atoms with Gasteiger partial charge in [0, 0.05) is 38.4 Å². The summed E-state index contributed by atoms with van der Waals surface area (Å²) in [6.07, 6.45) is 10.6. The molecule has 24 heavy (non-hydrogen) atoms. The molecule has 2 fully saturated rings. The maximum absolute atomic E-state index is 4.55. The number of hydrogen-bond acceptors (Lipinski definition) is 4. The topological polar surface area (TPSA) is 51.8 Å². The van der Waals surface area contributed by atoms with Gasteiger partial charge in [-0.2, -0.15) is 0 Å². The first-order valence-corrected chi connectivity index (χ1v) is 9.29. The molecule has 4 rings (SSSR count). The highest BCUT2D eigenvalue weighted by Gasteiger charge is 2.28. The predicted octanol–water partition coefficient (Wildman–Crippen LogP) is 2.35. The van der Waals surface area contributed by atoms with E-state index >= 15 is 0 Å². The number of aromatic nitrogens is 5. The van der Waals surface area contributed by atoms with Crippen LogP contribution in [-0.4, -0.2) is 48.8 Å². The summed E-state index contributed by atoms with van der Waals surface area (Å²) in [5, 5.41) is 9.02. The number of piperidine rings is 1. The van der Waals surface area contributed by atoms with E-state index in [9.17, 15) is 0 Å². The standard InChI is InChI=1S/C18H28N6/c1-14-19-8-10-24(14)13-17-20-21-18(22(17)2)16-7-4-9-23(12-16)11-15-5-3-6-15/h8,10,15-16H,3-7,9,11-13H2,1-2H3/t16-/m1/s1. The van der Waals surface area contributed by atoms with Gasteiger partial charge in [-0.3, -0.25) is 0 Å². The van der Waals surface area contributed by atoms with E-state index in [1.165, 1.54) is 45.2 Å². The number of hydrogen-bond donors (Lipinski definition) is 0. The van der Waals surface area contributed by atoms with Gasteiger partial charge in [-0.1, -0.05) is 6.42 Å². The molecule has 0 aromatic carbocycles. The van der Waals surface area contributed by atoms with Crippen LogP contribution in [0.25, 0.3) is 0 Å². The zero-order chi connectivity index (χ0) is 16.5. The van der Waals surface area contributed by atoms with Gasteiger partial charge in [-0.25, -0.2) is 4.98 Å². The smallest absolute Gasteiger partial charge is 0.152 e. The Balaban J connectivity index is 1.44. The van der Waals surface area contributed by atoms with Crippen molar-refractivity contribution < 1.29 is 0 Å². The van der Waals surface area contributed by atoms with E-state index in [0.29, 0.717) is 5.92 Å². The summed E-state index contributed by atoms with van der Waals surface area (Å²) in [6.45, 7) is 6.46. The van der Waals surface area contributed by atoms with Crippen molar-refractivity contribution in [3.05, 3.63) is 29.9 Å². The van der Waals surface area contributed by atoms with Crippen LogP contribution in [-0.2, 0) is 13.6 Å². The third-order valence-corrected chi connectivity index (χ3v) is 5.85. The van der Waals surface area contributed by atoms with Crippen molar-refractivity contribution in [2.45, 2.75) is 51.5 Å². The van der Waals surface area contributed by atoms with Crippen LogP contribution in [0, 0.1) is 12.8 Å². The van der Waals surface area contributed by atoms with Crippen molar-refractivity contribution in [1.82, 2.24) is 29.2 Å². The highest BCUT2D eigenvalue weighted by atomic mass is 15.3. The minimum absolute atomic E-state index is 0.522.